The third kappa shape index (κ3) is 6.16. The molecule has 3 N–H and O–H groups in total. The van der Waals surface area contributed by atoms with Crippen LogP contribution in [0.2, 0.25) is 0 Å². The van der Waals surface area contributed by atoms with E-state index < -0.39 is 6.23 Å². The van der Waals surface area contributed by atoms with Crippen molar-refractivity contribution in [3.8, 4) is 17.2 Å². The molecule has 36 heavy (non-hydrogen) atoms. The number of nitrogens with one attached hydrogen (secondary N) is 2. The minimum absolute atomic E-state index is 0.102. The first-order chi connectivity index (χ1) is 17.5. The van der Waals surface area contributed by atoms with E-state index in [4.69, 9.17) is 19.2 Å². The second-order valence-corrected chi connectivity index (χ2v) is 8.94. The zero-order chi connectivity index (χ0) is 25.5. The first kappa shape index (κ1) is 25.5. The molecule has 1 aliphatic heterocycles. The predicted molar refractivity (Wildman–Crippen MR) is 140 cm³/mol. The normalized spacial score (nSPS) is 16.4. The van der Waals surface area contributed by atoms with Gasteiger partial charge in [-0.25, -0.2) is 4.98 Å². The summed E-state index contributed by atoms with van der Waals surface area (Å²) < 4.78 is 16.3. The first-order valence-corrected chi connectivity index (χ1v) is 12.1. The van der Waals surface area contributed by atoms with E-state index in [1.54, 1.807) is 27.5 Å². The van der Waals surface area contributed by atoms with Crippen LogP contribution in [-0.4, -0.2) is 55.7 Å². The van der Waals surface area contributed by atoms with Gasteiger partial charge in [0.05, 0.1) is 21.3 Å². The number of piperidine rings is 1. The van der Waals surface area contributed by atoms with Gasteiger partial charge in [-0.15, -0.1) is 0 Å². The van der Waals surface area contributed by atoms with Crippen LogP contribution < -0.4 is 29.7 Å². The summed E-state index contributed by atoms with van der Waals surface area (Å²) in [5.74, 6) is 2.99. The van der Waals surface area contributed by atoms with Crippen LogP contribution in [0.1, 0.15) is 24.0 Å². The zero-order valence-corrected chi connectivity index (χ0v) is 21.3. The molecular formula is C27H35N5O4. The lowest BCUT2D eigenvalue weighted by Gasteiger charge is -2.36. The lowest BCUT2D eigenvalue weighted by molar-refractivity contribution is 0.0648. The molecule has 2 heterocycles. The minimum atomic E-state index is -0.591. The van der Waals surface area contributed by atoms with Crippen molar-refractivity contribution >= 4 is 17.5 Å². The molecule has 0 bridgehead atoms. The molecule has 1 aromatic heterocycles. The summed E-state index contributed by atoms with van der Waals surface area (Å²) in [5, 5.41) is 17.4. The molecule has 0 saturated carbocycles. The summed E-state index contributed by atoms with van der Waals surface area (Å²) >= 11 is 0. The van der Waals surface area contributed by atoms with Crippen LogP contribution in [0.15, 0.2) is 48.7 Å². The van der Waals surface area contributed by atoms with E-state index in [1.807, 2.05) is 24.3 Å². The van der Waals surface area contributed by atoms with Crippen LogP contribution >= 0.6 is 0 Å². The maximum Gasteiger partial charge on any atom is 0.229 e. The summed E-state index contributed by atoms with van der Waals surface area (Å²) in [6, 6.07) is 13.8. The van der Waals surface area contributed by atoms with Gasteiger partial charge in [0.25, 0.3) is 0 Å². The van der Waals surface area contributed by atoms with Gasteiger partial charge >= 0.3 is 0 Å². The van der Waals surface area contributed by atoms with E-state index in [0.29, 0.717) is 42.0 Å². The predicted octanol–water partition coefficient (Wildman–Crippen LogP) is 3.88. The highest BCUT2D eigenvalue weighted by atomic mass is 16.5. The van der Waals surface area contributed by atoms with Gasteiger partial charge in [-0.05, 0) is 31.4 Å². The quantitative estimate of drug-likeness (QED) is 0.363. The van der Waals surface area contributed by atoms with Gasteiger partial charge in [-0.2, -0.15) is 4.98 Å². The number of anilines is 3. The topological polar surface area (TPSA) is 101 Å². The van der Waals surface area contributed by atoms with Crippen molar-refractivity contribution < 1.29 is 19.3 Å². The Morgan fingerprint density at radius 1 is 1.08 bits per heavy atom. The van der Waals surface area contributed by atoms with Crippen molar-refractivity contribution in [2.75, 3.05) is 44.6 Å². The van der Waals surface area contributed by atoms with Crippen molar-refractivity contribution in [2.24, 2.45) is 5.92 Å². The van der Waals surface area contributed by atoms with Crippen molar-refractivity contribution in [3.63, 3.8) is 0 Å². The number of rotatable bonds is 10. The number of nitrogens with zero attached hydrogens (tertiary/aromatic N) is 3. The van der Waals surface area contributed by atoms with Crippen molar-refractivity contribution in [1.82, 2.24) is 15.3 Å². The van der Waals surface area contributed by atoms with E-state index >= 15 is 0 Å². The average molecular weight is 494 g/mol. The Bertz CT molecular complexity index is 1130. The molecule has 0 radical (unpaired) electrons. The fraction of sp³-hybridized carbons (Fsp3) is 0.407. The van der Waals surface area contributed by atoms with Gasteiger partial charge in [0.15, 0.2) is 11.5 Å². The second kappa shape index (κ2) is 11.9. The Morgan fingerprint density at radius 3 is 2.56 bits per heavy atom. The summed E-state index contributed by atoms with van der Waals surface area (Å²) in [6.07, 6.45) is 3.08. The van der Waals surface area contributed by atoms with Crippen LogP contribution in [0.5, 0.6) is 17.2 Å². The summed E-state index contributed by atoms with van der Waals surface area (Å²) in [6.45, 7) is 4.30. The fourth-order valence-corrected chi connectivity index (χ4v) is 4.55. The SMILES string of the molecule is COc1cc(Nc2nccc(N3CCC[C@H](C(O)NCc4cccc(C)c4)C3)n2)cc(OC)c1OC. The maximum atomic E-state index is 10.8. The molecular weight excluding hydrogens is 458 g/mol. The molecule has 1 unspecified atom stereocenters. The molecule has 9 nitrogen and oxygen atoms in total. The highest BCUT2D eigenvalue weighted by molar-refractivity contribution is 5.66. The molecule has 3 aromatic rings. The largest absolute Gasteiger partial charge is 0.493 e. The van der Waals surface area contributed by atoms with Crippen LogP contribution in [0.4, 0.5) is 17.5 Å². The van der Waals surface area contributed by atoms with Gasteiger partial charge in [0, 0.05) is 49.6 Å². The number of hydrogen-bond acceptors (Lipinski definition) is 9. The minimum Gasteiger partial charge on any atom is -0.493 e. The zero-order valence-electron chi connectivity index (χ0n) is 21.3. The maximum absolute atomic E-state index is 10.8. The lowest BCUT2D eigenvalue weighted by Crippen LogP contribution is -2.46. The lowest BCUT2D eigenvalue weighted by atomic mass is 9.96. The Kier molecular flexibility index (Phi) is 8.45. The number of methoxy groups -OCH3 is 3. The number of benzene rings is 2. The van der Waals surface area contributed by atoms with Gasteiger partial charge in [-0.1, -0.05) is 29.8 Å². The van der Waals surface area contributed by atoms with Crippen LogP contribution in [0.25, 0.3) is 0 Å². The number of aryl methyl sites for hydroxylation is 1. The second-order valence-electron chi connectivity index (χ2n) is 8.94. The van der Waals surface area contributed by atoms with Gasteiger partial charge in [0.2, 0.25) is 11.7 Å². The molecule has 1 fully saturated rings. The van der Waals surface area contributed by atoms with E-state index in [0.717, 1.165) is 25.2 Å². The van der Waals surface area contributed by atoms with E-state index in [2.05, 4.69) is 45.6 Å². The average Bonchev–Trinajstić information content (AvgIpc) is 2.91. The van der Waals surface area contributed by atoms with E-state index in [-0.39, 0.29) is 5.92 Å². The molecule has 2 aromatic carbocycles. The molecule has 1 saturated heterocycles. The van der Waals surface area contributed by atoms with Gasteiger partial charge in [-0.3, -0.25) is 5.32 Å². The van der Waals surface area contributed by atoms with Crippen LogP contribution in [0.3, 0.4) is 0 Å². The fourth-order valence-electron chi connectivity index (χ4n) is 4.55. The summed E-state index contributed by atoms with van der Waals surface area (Å²) in [5.41, 5.74) is 3.10. The van der Waals surface area contributed by atoms with Crippen LogP contribution in [0, 0.1) is 12.8 Å². The smallest absolute Gasteiger partial charge is 0.229 e. The molecule has 2 atom stereocenters. The number of ether oxygens (including phenoxy) is 3. The Hall–Kier alpha value is -3.56. The Morgan fingerprint density at radius 2 is 1.86 bits per heavy atom. The van der Waals surface area contributed by atoms with Gasteiger partial charge in [0.1, 0.15) is 12.0 Å². The molecule has 1 aliphatic rings. The molecule has 0 amide bonds. The highest BCUT2D eigenvalue weighted by Gasteiger charge is 2.27. The molecule has 192 valence electrons. The first-order valence-electron chi connectivity index (χ1n) is 12.1. The van der Waals surface area contributed by atoms with Gasteiger partial charge < -0.3 is 29.5 Å². The summed E-state index contributed by atoms with van der Waals surface area (Å²) in [7, 11) is 4.73. The Balaban J connectivity index is 1.42. The molecule has 9 heteroatoms. The van der Waals surface area contributed by atoms with E-state index in [9.17, 15) is 5.11 Å². The molecule has 0 spiro atoms. The Labute approximate surface area is 212 Å². The monoisotopic (exact) mass is 493 g/mol. The summed E-state index contributed by atoms with van der Waals surface area (Å²) in [4.78, 5) is 11.3. The van der Waals surface area contributed by atoms with Crippen LogP contribution in [-0.2, 0) is 6.54 Å². The third-order valence-corrected chi connectivity index (χ3v) is 6.39. The van der Waals surface area contributed by atoms with E-state index in [1.165, 1.54) is 11.1 Å². The number of aliphatic hydroxyl groups excluding tert-OH is 1. The molecule has 0 aliphatic carbocycles. The number of aromatic nitrogens is 2. The third-order valence-electron chi connectivity index (χ3n) is 6.39. The van der Waals surface area contributed by atoms with Crippen molar-refractivity contribution in [1.29, 1.82) is 0 Å². The highest BCUT2D eigenvalue weighted by Crippen LogP contribution is 2.40. The number of aliphatic hydroxyl groups is 1. The molecule has 4 rings (SSSR count). The number of hydrogen-bond donors (Lipinski definition) is 3. The van der Waals surface area contributed by atoms with Crippen molar-refractivity contribution in [3.05, 3.63) is 59.8 Å². The standard InChI is InChI=1S/C27H35N5O4/c1-18-7-5-8-19(13-18)16-29-26(33)20-9-6-12-32(17-20)24-10-11-28-27(31-24)30-21-14-22(34-2)25(36-4)23(15-21)35-3/h5,7-8,10-11,13-15,20,26,29,33H,6,9,12,16-17H2,1-4H3,(H,28,30,31)/t20-,26?/m0/s1. The van der Waals surface area contributed by atoms with Crippen molar-refractivity contribution in [2.45, 2.75) is 32.5 Å².